The minimum Gasteiger partial charge on any atom is -0.508 e. The molecule has 1 atom stereocenters. The maximum Gasteiger partial charge on any atom is 0.404 e. The highest BCUT2D eigenvalue weighted by Gasteiger charge is 2.13. The topological polar surface area (TPSA) is 72.6 Å². The molecule has 1 amide bonds. The summed E-state index contributed by atoms with van der Waals surface area (Å²) < 4.78 is 4.80. The predicted molar refractivity (Wildman–Crippen MR) is 85.8 cm³/mol. The number of hydrogen-bond acceptors (Lipinski definition) is 3. The van der Waals surface area contributed by atoms with Crippen LogP contribution in [0.25, 0.3) is 0 Å². The Morgan fingerprint density at radius 3 is 2.41 bits per heavy atom. The van der Waals surface area contributed by atoms with E-state index in [-0.39, 0.29) is 5.75 Å². The minimum absolute atomic E-state index is 0.263. The smallest absolute Gasteiger partial charge is 0.404 e. The number of rotatable bonds is 7. The number of aromatic hydroxyl groups is 1. The fraction of sp³-hybridized carbons (Fsp3) is 0.278. The van der Waals surface area contributed by atoms with Crippen LogP contribution in [0.3, 0.4) is 0 Å². The van der Waals surface area contributed by atoms with Crippen LogP contribution in [0.15, 0.2) is 54.6 Å². The van der Waals surface area contributed by atoms with Crippen LogP contribution < -0.4 is 5.73 Å². The molecule has 0 saturated heterocycles. The lowest BCUT2D eigenvalue weighted by Crippen LogP contribution is -2.14. The number of amides is 1. The van der Waals surface area contributed by atoms with Gasteiger partial charge in [0.15, 0.2) is 0 Å². The van der Waals surface area contributed by atoms with E-state index in [9.17, 15) is 9.90 Å². The fourth-order valence-corrected chi connectivity index (χ4v) is 2.53. The van der Waals surface area contributed by atoms with E-state index >= 15 is 0 Å². The van der Waals surface area contributed by atoms with E-state index in [1.807, 2.05) is 30.3 Å². The van der Waals surface area contributed by atoms with E-state index in [4.69, 9.17) is 10.5 Å². The van der Waals surface area contributed by atoms with Crippen molar-refractivity contribution in [3.05, 3.63) is 65.7 Å². The fourth-order valence-electron chi connectivity index (χ4n) is 2.53. The molecule has 0 aliphatic carbocycles. The summed E-state index contributed by atoms with van der Waals surface area (Å²) in [6.45, 7) is 0.332. The Balaban J connectivity index is 2.03. The molecule has 2 rings (SSSR count). The average Bonchev–Trinajstić information content (AvgIpc) is 2.52. The second kappa shape index (κ2) is 8.08. The molecular weight excluding hydrogens is 278 g/mol. The van der Waals surface area contributed by atoms with Crippen LogP contribution in [0.5, 0.6) is 5.75 Å². The second-order valence-corrected chi connectivity index (χ2v) is 5.29. The summed E-state index contributed by atoms with van der Waals surface area (Å²) in [5.74, 6) is 0.568. The van der Waals surface area contributed by atoms with E-state index in [2.05, 4.69) is 12.1 Å². The number of primary amides is 1. The summed E-state index contributed by atoms with van der Waals surface area (Å²) in [5, 5.41) is 9.43. The predicted octanol–water partition coefficient (Wildman–Crippen LogP) is 3.59. The number of nitrogens with two attached hydrogens (primary N) is 1. The number of carbonyl (C=O) groups excluding carboxylic acids is 1. The summed E-state index contributed by atoms with van der Waals surface area (Å²) >= 11 is 0. The molecule has 22 heavy (non-hydrogen) atoms. The van der Waals surface area contributed by atoms with Gasteiger partial charge in [-0.25, -0.2) is 4.79 Å². The summed E-state index contributed by atoms with van der Waals surface area (Å²) in [7, 11) is 0. The molecule has 2 aromatic carbocycles. The van der Waals surface area contributed by atoms with Gasteiger partial charge in [0.2, 0.25) is 0 Å². The number of carbonyl (C=O) groups is 1. The zero-order chi connectivity index (χ0) is 15.8. The van der Waals surface area contributed by atoms with Gasteiger partial charge in [0.25, 0.3) is 0 Å². The van der Waals surface area contributed by atoms with Crippen LogP contribution in [0, 0.1) is 0 Å². The normalized spacial score (nSPS) is 11.8. The van der Waals surface area contributed by atoms with Gasteiger partial charge in [0, 0.05) is 0 Å². The first kappa shape index (κ1) is 15.9. The first-order valence-corrected chi connectivity index (χ1v) is 7.40. The van der Waals surface area contributed by atoms with Crippen LogP contribution in [0.1, 0.15) is 29.9 Å². The molecule has 0 saturated carbocycles. The first-order chi connectivity index (χ1) is 10.6. The van der Waals surface area contributed by atoms with Gasteiger partial charge in [-0.05, 0) is 48.4 Å². The van der Waals surface area contributed by atoms with Gasteiger partial charge in [0.1, 0.15) is 5.75 Å². The molecule has 116 valence electrons. The summed E-state index contributed by atoms with van der Waals surface area (Å²) in [5.41, 5.74) is 7.40. The van der Waals surface area contributed by atoms with Crippen molar-refractivity contribution in [2.75, 3.05) is 6.61 Å². The van der Waals surface area contributed by atoms with Crippen molar-refractivity contribution in [3.63, 3.8) is 0 Å². The third kappa shape index (κ3) is 5.13. The summed E-state index contributed by atoms with van der Waals surface area (Å²) in [4.78, 5) is 10.6. The van der Waals surface area contributed by atoms with Crippen LogP contribution in [0.4, 0.5) is 4.79 Å². The van der Waals surface area contributed by atoms with Crippen LogP contribution >= 0.6 is 0 Å². The third-order valence-electron chi connectivity index (χ3n) is 3.63. The van der Waals surface area contributed by atoms with Gasteiger partial charge in [0.05, 0.1) is 6.61 Å². The minimum atomic E-state index is -0.732. The molecule has 0 radical (unpaired) electrons. The van der Waals surface area contributed by atoms with Crippen LogP contribution in [-0.4, -0.2) is 17.8 Å². The Morgan fingerprint density at radius 2 is 1.77 bits per heavy atom. The largest absolute Gasteiger partial charge is 0.508 e. The van der Waals surface area contributed by atoms with Crippen molar-refractivity contribution >= 4 is 6.09 Å². The van der Waals surface area contributed by atoms with Gasteiger partial charge in [-0.3, -0.25) is 0 Å². The van der Waals surface area contributed by atoms with E-state index in [0.29, 0.717) is 12.5 Å². The van der Waals surface area contributed by atoms with Gasteiger partial charge < -0.3 is 15.6 Å². The quantitative estimate of drug-likeness (QED) is 0.767. The summed E-state index contributed by atoms with van der Waals surface area (Å²) in [6.07, 6.45) is 1.81. The highest BCUT2D eigenvalue weighted by Crippen LogP contribution is 2.27. The highest BCUT2D eigenvalue weighted by atomic mass is 16.5. The van der Waals surface area contributed by atoms with Crippen molar-refractivity contribution < 1.29 is 14.6 Å². The Kier molecular flexibility index (Phi) is 5.83. The Labute approximate surface area is 130 Å². The number of ether oxygens (including phenoxy) is 1. The van der Waals surface area contributed by atoms with Crippen molar-refractivity contribution in [1.82, 2.24) is 0 Å². The zero-order valence-corrected chi connectivity index (χ0v) is 12.4. The molecule has 0 fully saturated rings. The van der Waals surface area contributed by atoms with Crippen molar-refractivity contribution in [2.45, 2.75) is 25.2 Å². The second-order valence-electron chi connectivity index (χ2n) is 5.29. The number of phenols is 1. The number of hydrogen-bond donors (Lipinski definition) is 2. The highest BCUT2D eigenvalue weighted by molar-refractivity contribution is 5.64. The van der Waals surface area contributed by atoms with Crippen LogP contribution in [-0.2, 0) is 11.2 Å². The molecule has 3 N–H and O–H groups in total. The van der Waals surface area contributed by atoms with E-state index in [1.54, 1.807) is 12.1 Å². The van der Waals surface area contributed by atoms with Gasteiger partial charge in [-0.15, -0.1) is 0 Å². The maximum atomic E-state index is 10.6. The molecule has 0 aliphatic heterocycles. The lowest BCUT2D eigenvalue weighted by molar-refractivity contribution is 0.153. The zero-order valence-electron chi connectivity index (χ0n) is 12.4. The molecule has 0 bridgehead atoms. The molecule has 0 heterocycles. The Hall–Kier alpha value is -2.49. The van der Waals surface area contributed by atoms with Crippen molar-refractivity contribution in [3.8, 4) is 5.75 Å². The maximum absolute atomic E-state index is 10.6. The average molecular weight is 299 g/mol. The van der Waals surface area contributed by atoms with Crippen molar-refractivity contribution in [1.29, 1.82) is 0 Å². The van der Waals surface area contributed by atoms with E-state index in [1.165, 1.54) is 11.1 Å². The SMILES string of the molecule is NC(=O)OCCCC(Cc1ccccc1)c1ccc(O)cc1. The monoisotopic (exact) mass is 299 g/mol. The van der Waals surface area contributed by atoms with Gasteiger partial charge in [-0.2, -0.15) is 0 Å². The number of benzene rings is 2. The Morgan fingerprint density at radius 1 is 1.09 bits per heavy atom. The first-order valence-electron chi connectivity index (χ1n) is 7.40. The molecule has 4 nitrogen and oxygen atoms in total. The molecular formula is C18H21NO3. The standard InChI is InChI=1S/C18H21NO3/c19-18(21)22-12-4-7-16(13-14-5-2-1-3-6-14)15-8-10-17(20)11-9-15/h1-3,5-6,8-11,16,20H,4,7,12-13H2,(H2,19,21). The Bertz CT molecular complexity index is 581. The molecule has 4 heteroatoms. The molecule has 1 unspecified atom stereocenters. The van der Waals surface area contributed by atoms with E-state index < -0.39 is 6.09 Å². The third-order valence-corrected chi connectivity index (χ3v) is 3.63. The molecule has 0 aliphatic rings. The molecule has 2 aromatic rings. The van der Waals surface area contributed by atoms with Crippen LogP contribution in [0.2, 0.25) is 0 Å². The summed E-state index contributed by atoms with van der Waals surface area (Å²) in [6, 6.07) is 17.6. The number of phenolic OH excluding ortho intramolecular Hbond substituents is 1. The van der Waals surface area contributed by atoms with E-state index in [0.717, 1.165) is 19.3 Å². The lowest BCUT2D eigenvalue weighted by Gasteiger charge is -2.18. The molecule has 0 spiro atoms. The molecule has 0 aromatic heterocycles. The van der Waals surface area contributed by atoms with Gasteiger partial charge in [-0.1, -0.05) is 42.5 Å². The van der Waals surface area contributed by atoms with Crippen molar-refractivity contribution in [2.24, 2.45) is 5.73 Å². The van der Waals surface area contributed by atoms with Gasteiger partial charge >= 0.3 is 6.09 Å². The lowest BCUT2D eigenvalue weighted by atomic mass is 9.88.